The first-order valence-corrected chi connectivity index (χ1v) is 6.18. The van der Waals surface area contributed by atoms with E-state index in [0.29, 0.717) is 24.0 Å². The Labute approximate surface area is 108 Å². The summed E-state index contributed by atoms with van der Waals surface area (Å²) < 4.78 is 10.9. The third kappa shape index (κ3) is 4.94. The second-order valence-electron chi connectivity index (χ2n) is 4.25. The Morgan fingerprint density at radius 2 is 1.94 bits per heavy atom. The molecule has 96 valence electrons. The van der Waals surface area contributed by atoms with Crippen LogP contribution < -0.4 is 10.5 Å². The molecule has 0 fully saturated rings. The molecule has 4 heteroatoms. The average Bonchev–Trinajstić information content (AvgIpc) is 2.25. The molecular formula is C13H20ClNO2. The molecule has 0 heterocycles. The predicted molar refractivity (Wildman–Crippen MR) is 70.6 cm³/mol. The van der Waals surface area contributed by atoms with Crippen LogP contribution in [-0.2, 0) is 4.74 Å². The van der Waals surface area contributed by atoms with Crippen LogP contribution in [0.3, 0.4) is 0 Å². The molecule has 0 aliphatic rings. The maximum atomic E-state index is 6.09. The SMILES string of the molecule is CC(C)OCCOc1ccc([C@H](C)N)cc1Cl. The summed E-state index contributed by atoms with van der Waals surface area (Å²) in [5.41, 5.74) is 6.77. The lowest BCUT2D eigenvalue weighted by molar-refractivity contribution is 0.0553. The van der Waals surface area contributed by atoms with Gasteiger partial charge in [0, 0.05) is 6.04 Å². The molecule has 2 N–H and O–H groups in total. The second-order valence-corrected chi connectivity index (χ2v) is 4.65. The molecule has 17 heavy (non-hydrogen) atoms. The minimum Gasteiger partial charge on any atom is -0.490 e. The molecule has 0 radical (unpaired) electrons. The summed E-state index contributed by atoms with van der Waals surface area (Å²) in [4.78, 5) is 0. The van der Waals surface area contributed by atoms with Gasteiger partial charge in [-0.3, -0.25) is 0 Å². The normalized spacial score (nSPS) is 12.8. The minimum atomic E-state index is -0.0224. The molecule has 0 saturated carbocycles. The van der Waals surface area contributed by atoms with Gasteiger partial charge in [-0.1, -0.05) is 17.7 Å². The van der Waals surface area contributed by atoms with E-state index in [1.165, 1.54) is 0 Å². The van der Waals surface area contributed by atoms with Gasteiger partial charge < -0.3 is 15.2 Å². The quantitative estimate of drug-likeness (QED) is 0.796. The maximum Gasteiger partial charge on any atom is 0.138 e. The summed E-state index contributed by atoms with van der Waals surface area (Å²) in [5, 5.41) is 0.587. The summed E-state index contributed by atoms with van der Waals surface area (Å²) in [6.45, 7) is 6.95. The molecule has 0 aromatic heterocycles. The Balaban J connectivity index is 2.49. The van der Waals surface area contributed by atoms with Gasteiger partial charge in [-0.05, 0) is 38.5 Å². The fourth-order valence-corrected chi connectivity index (χ4v) is 1.60. The van der Waals surface area contributed by atoms with Crippen LogP contribution in [0, 0.1) is 0 Å². The van der Waals surface area contributed by atoms with Crippen molar-refractivity contribution in [3.63, 3.8) is 0 Å². The Bertz CT molecular complexity index is 353. The summed E-state index contributed by atoms with van der Waals surface area (Å²) in [5.74, 6) is 0.670. The number of hydrogen-bond donors (Lipinski definition) is 1. The highest BCUT2D eigenvalue weighted by atomic mass is 35.5. The summed E-state index contributed by atoms with van der Waals surface area (Å²) in [6, 6.07) is 5.59. The third-order valence-corrected chi connectivity index (χ3v) is 2.57. The molecule has 0 spiro atoms. The zero-order chi connectivity index (χ0) is 12.8. The van der Waals surface area contributed by atoms with Crippen molar-refractivity contribution in [3.05, 3.63) is 28.8 Å². The smallest absolute Gasteiger partial charge is 0.138 e. The molecule has 0 saturated heterocycles. The van der Waals surface area contributed by atoms with E-state index in [1.54, 1.807) is 0 Å². The maximum absolute atomic E-state index is 6.09. The van der Waals surface area contributed by atoms with Crippen LogP contribution >= 0.6 is 11.6 Å². The summed E-state index contributed by atoms with van der Waals surface area (Å²) in [6.07, 6.45) is 0.217. The molecule has 1 aromatic rings. The molecular weight excluding hydrogens is 238 g/mol. The Hall–Kier alpha value is -0.770. The number of benzene rings is 1. The van der Waals surface area contributed by atoms with E-state index in [9.17, 15) is 0 Å². The predicted octanol–water partition coefficient (Wildman–Crippen LogP) is 3.16. The van der Waals surface area contributed by atoms with Crippen molar-refractivity contribution in [1.82, 2.24) is 0 Å². The molecule has 1 rings (SSSR count). The molecule has 1 aromatic carbocycles. The average molecular weight is 258 g/mol. The van der Waals surface area contributed by atoms with Crippen molar-refractivity contribution in [2.75, 3.05) is 13.2 Å². The van der Waals surface area contributed by atoms with E-state index in [4.69, 9.17) is 26.8 Å². The topological polar surface area (TPSA) is 44.5 Å². The third-order valence-electron chi connectivity index (χ3n) is 2.27. The lowest BCUT2D eigenvalue weighted by Gasteiger charge is -2.12. The van der Waals surface area contributed by atoms with Crippen molar-refractivity contribution in [3.8, 4) is 5.75 Å². The highest BCUT2D eigenvalue weighted by molar-refractivity contribution is 6.32. The fourth-order valence-electron chi connectivity index (χ4n) is 1.35. The van der Waals surface area contributed by atoms with Gasteiger partial charge in [-0.15, -0.1) is 0 Å². The molecule has 0 bridgehead atoms. The van der Waals surface area contributed by atoms with Gasteiger partial charge >= 0.3 is 0 Å². The lowest BCUT2D eigenvalue weighted by Crippen LogP contribution is -2.11. The molecule has 0 aliphatic heterocycles. The van der Waals surface area contributed by atoms with Crippen LogP contribution in [0.25, 0.3) is 0 Å². The van der Waals surface area contributed by atoms with E-state index >= 15 is 0 Å². The van der Waals surface area contributed by atoms with Crippen molar-refractivity contribution >= 4 is 11.6 Å². The Morgan fingerprint density at radius 1 is 1.24 bits per heavy atom. The number of hydrogen-bond acceptors (Lipinski definition) is 3. The van der Waals surface area contributed by atoms with Gasteiger partial charge in [-0.25, -0.2) is 0 Å². The minimum absolute atomic E-state index is 0.0224. The van der Waals surface area contributed by atoms with Gasteiger partial charge in [0.15, 0.2) is 0 Å². The van der Waals surface area contributed by atoms with Crippen LogP contribution in [0.2, 0.25) is 5.02 Å². The van der Waals surface area contributed by atoms with E-state index in [-0.39, 0.29) is 12.1 Å². The first kappa shape index (κ1) is 14.3. The van der Waals surface area contributed by atoms with Crippen molar-refractivity contribution in [2.45, 2.75) is 32.9 Å². The van der Waals surface area contributed by atoms with Crippen molar-refractivity contribution < 1.29 is 9.47 Å². The Morgan fingerprint density at radius 3 is 2.47 bits per heavy atom. The van der Waals surface area contributed by atoms with Gasteiger partial charge in [0.25, 0.3) is 0 Å². The number of nitrogens with two attached hydrogens (primary N) is 1. The summed E-state index contributed by atoms with van der Waals surface area (Å²) >= 11 is 6.09. The van der Waals surface area contributed by atoms with Crippen molar-refractivity contribution in [2.24, 2.45) is 5.73 Å². The zero-order valence-electron chi connectivity index (χ0n) is 10.6. The molecule has 0 amide bonds. The number of halogens is 1. The van der Waals surface area contributed by atoms with Crippen LogP contribution in [0.1, 0.15) is 32.4 Å². The highest BCUT2D eigenvalue weighted by Gasteiger charge is 2.05. The summed E-state index contributed by atoms with van der Waals surface area (Å²) in [7, 11) is 0. The Kier molecular flexibility index (Phi) is 5.75. The number of rotatable bonds is 6. The first-order chi connectivity index (χ1) is 8.00. The van der Waals surface area contributed by atoms with Crippen LogP contribution in [0.4, 0.5) is 0 Å². The van der Waals surface area contributed by atoms with Gasteiger partial charge in [0.05, 0.1) is 17.7 Å². The van der Waals surface area contributed by atoms with E-state index in [0.717, 1.165) is 5.56 Å². The monoisotopic (exact) mass is 257 g/mol. The van der Waals surface area contributed by atoms with Crippen molar-refractivity contribution in [1.29, 1.82) is 0 Å². The fraction of sp³-hybridized carbons (Fsp3) is 0.538. The standard InChI is InChI=1S/C13H20ClNO2/c1-9(2)16-6-7-17-13-5-4-11(10(3)15)8-12(13)14/h4-5,8-10H,6-7,15H2,1-3H3/t10-/m0/s1. The molecule has 1 atom stereocenters. The van der Waals surface area contributed by atoms with Crippen LogP contribution in [0.15, 0.2) is 18.2 Å². The first-order valence-electron chi connectivity index (χ1n) is 5.80. The van der Waals surface area contributed by atoms with E-state index in [2.05, 4.69) is 0 Å². The van der Waals surface area contributed by atoms with Crippen LogP contribution in [0.5, 0.6) is 5.75 Å². The van der Waals surface area contributed by atoms with Gasteiger partial charge in [-0.2, -0.15) is 0 Å². The molecule has 0 unspecified atom stereocenters. The van der Waals surface area contributed by atoms with Gasteiger partial charge in [0.1, 0.15) is 12.4 Å². The van der Waals surface area contributed by atoms with Gasteiger partial charge in [0.2, 0.25) is 0 Å². The van der Waals surface area contributed by atoms with Crippen LogP contribution in [-0.4, -0.2) is 19.3 Å². The zero-order valence-corrected chi connectivity index (χ0v) is 11.3. The molecule has 3 nitrogen and oxygen atoms in total. The highest BCUT2D eigenvalue weighted by Crippen LogP contribution is 2.27. The van der Waals surface area contributed by atoms with E-state index in [1.807, 2.05) is 39.0 Å². The van der Waals surface area contributed by atoms with E-state index < -0.39 is 0 Å². The molecule has 0 aliphatic carbocycles. The second kappa shape index (κ2) is 6.84. The largest absolute Gasteiger partial charge is 0.490 e. The lowest BCUT2D eigenvalue weighted by atomic mass is 10.1. The number of ether oxygens (including phenoxy) is 2.